The van der Waals surface area contributed by atoms with Gasteiger partial charge in [-0.3, -0.25) is 0 Å². The Kier molecular flexibility index (Phi) is 3.08. The van der Waals surface area contributed by atoms with E-state index < -0.39 is 0 Å². The van der Waals surface area contributed by atoms with Crippen LogP contribution in [0.2, 0.25) is 5.02 Å². The summed E-state index contributed by atoms with van der Waals surface area (Å²) < 4.78 is 2.26. The van der Waals surface area contributed by atoms with Crippen molar-refractivity contribution in [1.82, 2.24) is 9.88 Å². The molecule has 1 fully saturated rings. The van der Waals surface area contributed by atoms with Crippen LogP contribution >= 0.6 is 11.6 Å². The Balaban J connectivity index is 2.07. The summed E-state index contributed by atoms with van der Waals surface area (Å²) in [5, 5.41) is 5.75. The highest BCUT2D eigenvalue weighted by Crippen LogP contribution is 2.29. The maximum absolute atomic E-state index is 6.10. The lowest BCUT2D eigenvalue weighted by molar-refractivity contribution is 0.602. The number of hydrogen-bond acceptors (Lipinski definition) is 1. The molecule has 0 spiro atoms. The van der Waals surface area contributed by atoms with Gasteiger partial charge in [0.05, 0.1) is 0 Å². The molecule has 0 bridgehead atoms. The van der Waals surface area contributed by atoms with E-state index in [1.807, 2.05) is 6.07 Å². The van der Waals surface area contributed by atoms with Crippen molar-refractivity contribution < 1.29 is 0 Å². The molecule has 1 aliphatic rings. The Morgan fingerprint density at radius 3 is 3.00 bits per heavy atom. The molecule has 3 heteroatoms. The van der Waals surface area contributed by atoms with Crippen molar-refractivity contribution in [1.29, 1.82) is 0 Å². The smallest absolute Gasteiger partial charge is 0.0497 e. The molecule has 0 amide bonds. The minimum Gasteiger partial charge on any atom is -0.348 e. The summed E-state index contributed by atoms with van der Waals surface area (Å²) in [6.07, 6.45) is 3.73. The number of aryl methyl sites for hydroxylation is 1. The second-order valence-electron chi connectivity index (χ2n) is 5.28. The van der Waals surface area contributed by atoms with Crippen molar-refractivity contribution in [3.63, 3.8) is 0 Å². The van der Waals surface area contributed by atoms with Gasteiger partial charge in [0.2, 0.25) is 0 Å². The third-order valence-electron chi connectivity index (χ3n) is 4.20. The molecule has 3 rings (SSSR count). The summed E-state index contributed by atoms with van der Waals surface area (Å²) in [5.41, 5.74) is 4.08. The van der Waals surface area contributed by atoms with E-state index in [1.54, 1.807) is 0 Å². The molecule has 18 heavy (non-hydrogen) atoms. The summed E-state index contributed by atoms with van der Waals surface area (Å²) in [7, 11) is 2.12. The molecular formula is C15H19ClN2. The fourth-order valence-corrected chi connectivity index (χ4v) is 3.22. The van der Waals surface area contributed by atoms with Gasteiger partial charge in [-0.15, -0.1) is 0 Å². The second kappa shape index (κ2) is 4.60. The third kappa shape index (κ3) is 1.94. The average Bonchev–Trinajstić information content (AvgIpc) is 2.94. The van der Waals surface area contributed by atoms with Gasteiger partial charge in [-0.1, -0.05) is 17.7 Å². The van der Waals surface area contributed by atoms with Gasteiger partial charge in [0.25, 0.3) is 0 Å². The molecule has 0 radical (unpaired) electrons. The molecule has 1 saturated heterocycles. The molecule has 0 saturated carbocycles. The minimum atomic E-state index is 0.643. The van der Waals surface area contributed by atoms with E-state index in [9.17, 15) is 0 Å². The molecule has 2 heterocycles. The molecule has 1 unspecified atom stereocenters. The van der Waals surface area contributed by atoms with Crippen molar-refractivity contribution in [3.8, 4) is 0 Å². The van der Waals surface area contributed by atoms with Crippen LogP contribution in [0.4, 0.5) is 0 Å². The zero-order chi connectivity index (χ0) is 12.7. The van der Waals surface area contributed by atoms with Crippen LogP contribution in [0.25, 0.3) is 10.9 Å². The van der Waals surface area contributed by atoms with Gasteiger partial charge < -0.3 is 9.88 Å². The molecule has 96 valence electrons. The van der Waals surface area contributed by atoms with E-state index in [1.165, 1.54) is 41.5 Å². The SMILES string of the molecule is Cc1c(CC2CCCN2)c2ccc(Cl)cc2n1C. The normalized spacial score (nSPS) is 19.8. The lowest BCUT2D eigenvalue weighted by Crippen LogP contribution is -2.23. The number of benzene rings is 1. The van der Waals surface area contributed by atoms with Gasteiger partial charge in [0.1, 0.15) is 0 Å². The maximum atomic E-state index is 6.10. The molecule has 1 N–H and O–H groups in total. The van der Waals surface area contributed by atoms with E-state index >= 15 is 0 Å². The zero-order valence-electron chi connectivity index (χ0n) is 11.0. The van der Waals surface area contributed by atoms with E-state index in [-0.39, 0.29) is 0 Å². The van der Waals surface area contributed by atoms with Gasteiger partial charge in [-0.05, 0) is 50.4 Å². The van der Waals surface area contributed by atoms with Crippen molar-refractivity contribution in [2.75, 3.05) is 6.54 Å². The predicted molar refractivity (Wildman–Crippen MR) is 77.4 cm³/mol. The van der Waals surface area contributed by atoms with Crippen molar-refractivity contribution >= 4 is 22.5 Å². The van der Waals surface area contributed by atoms with Gasteiger partial charge in [-0.2, -0.15) is 0 Å². The summed E-state index contributed by atoms with van der Waals surface area (Å²) in [6, 6.07) is 6.87. The molecule has 0 aliphatic carbocycles. The first kappa shape index (κ1) is 12.1. The summed E-state index contributed by atoms with van der Waals surface area (Å²) >= 11 is 6.10. The van der Waals surface area contributed by atoms with Crippen LogP contribution in [0, 0.1) is 6.92 Å². The standard InChI is InChI=1S/C15H19ClN2/c1-10-14(9-12-4-3-7-17-12)13-6-5-11(16)8-15(13)18(10)2/h5-6,8,12,17H,3-4,7,9H2,1-2H3. The Hall–Kier alpha value is -0.990. The third-order valence-corrected chi connectivity index (χ3v) is 4.43. The molecular weight excluding hydrogens is 244 g/mol. The van der Waals surface area contributed by atoms with Crippen LogP contribution in [-0.2, 0) is 13.5 Å². The number of nitrogens with one attached hydrogen (secondary N) is 1. The van der Waals surface area contributed by atoms with E-state index in [0.717, 1.165) is 11.4 Å². The van der Waals surface area contributed by atoms with Crippen LogP contribution in [0.1, 0.15) is 24.1 Å². The summed E-state index contributed by atoms with van der Waals surface area (Å²) in [4.78, 5) is 0. The van der Waals surface area contributed by atoms with Crippen molar-refractivity contribution in [3.05, 3.63) is 34.5 Å². The maximum Gasteiger partial charge on any atom is 0.0497 e. The van der Waals surface area contributed by atoms with E-state index in [0.29, 0.717) is 6.04 Å². The average molecular weight is 263 g/mol. The van der Waals surface area contributed by atoms with E-state index in [4.69, 9.17) is 11.6 Å². The Labute approximate surface area is 113 Å². The van der Waals surface area contributed by atoms with Crippen LogP contribution in [0.5, 0.6) is 0 Å². The first-order valence-corrected chi connectivity index (χ1v) is 7.01. The van der Waals surface area contributed by atoms with E-state index in [2.05, 4.69) is 36.0 Å². The quantitative estimate of drug-likeness (QED) is 0.877. The van der Waals surface area contributed by atoms with Gasteiger partial charge in [0.15, 0.2) is 0 Å². The molecule has 1 aliphatic heterocycles. The van der Waals surface area contributed by atoms with Crippen LogP contribution in [-0.4, -0.2) is 17.2 Å². The Bertz CT molecular complexity index is 580. The monoisotopic (exact) mass is 262 g/mol. The molecule has 1 aromatic heterocycles. The number of hydrogen-bond donors (Lipinski definition) is 1. The molecule has 2 nitrogen and oxygen atoms in total. The van der Waals surface area contributed by atoms with Crippen LogP contribution in [0.3, 0.4) is 0 Å². The first-order chi connectivity index (χ1) is 8.66. The lowest BCUT2D eigenvalue weighted by Gasteiger charge is -2.10. The fraction of sp³-hybridized carbons (Fsp3) is 0.467. The second-order valence-corrected chi connectivity index (χ2v) is 5.72. The largest absolute Gasteiger partial charge is 0.348 e. The highest BCUT2D eigenvalue weighted by Gasteiger charge is 2.19. The van der Waals surface area contributed by atoms with Crippen LogP contribution < -0.4 is 5.32 Å². The number of nitrogens with zero attached hydrogens (tertiary/aromatic N) is 1. The Morgan fingerprint density at radius 1 is 1.44 bits per heavy atom. The van der Waals surface area contributed by atoms with Gasteiger partial charge in [-0.25, -0.2) is 0 Å². The molecule has 2 aromatic rings. The molecule has 1 aromatic carbocycles. The Morgan fingerprint density at radius 2 is 2.28 bits per heavy atom. The fourth-order valence-electron chi connectivity index (χ4n) is 3.05. The topological polar surface area (TPSA) is 17.0 Å². The zero-order valence-corrected chi connectivity index (χ0v) is 11.7. The number of rotatable bonds is 2. The number of aromatic nitrogens is 1. The summed E-state index contributed by atoms with van der Waals surface area (Å²) in [6.45, 7) is 3.37. The molecule has 1 atom stereocenters. The van der Waals surface area contributed by atoms with Gasteiger partial charge in [0, 0.05) is 34.7 Å². The first-order valence-electron chi connectivity index (χ1n) is 6.63. The van der Waals surface area contributed by atoms with Gasteiger partial charge >= 0.3 is 0 Å². The minimum absolute atomic E-state index is 0.643. The number of fused-ring (bicyclic) bond motifs is 1. The van der Waals surface area contributed by atoms with Crippen LogP contribution in [0.15, 0.2) is 18.2 Å². The lowest BCUT2D eigenvalue weighted by atomic mass is 10.0. The van der Waals surface area contributed by atoms with Crippen molar-refractivity contribution in [2.24, 2.45) is 7.05 Å². The number of halogens is 1. The highest BCUT2D eigenvalue weighted by atomic mass is 35.5. The predicted octanol–water partition coefficient (Wildman–Crippen LogP) is 3.43. The highest BCUT2D eigenvalue weighted by molar-refractivity contribution is 6.31. The summed E-state index contributed by atoms with van der Waals surface area (Å²) in [5.74, 6) is 0. The van der Waals surface area contributed by atoms with Crippen molar-refractivity contribution in [2.45, 2.75) is 32.2 Å².